The summed E-state index contributed by atoms with van der Waals surface area (Å²) in [5.74, 6) is 6.60. The van der Waals surface area contributed by atoms with E-state index in [1.165, 1.54) is 11.8 Å². The summed E-state index contributed by atoms with van der Waals surface area (Å²) in [7, 11) is 0. The predicted molar refractivity (Wildman–Crippen MR) is 71.0 cm³/mol. The molecular weight excluding hydrogens is 238 g/mol. The van der Waals surface area contributed by atoms with Gasteiger partial charge < -0.3 is 15.8 Å². The number of aliphatic hydroxyl groups excluding tert-OH is 1. The lowest BCUT2D eigenvalue weighted by molar-refractivity contribution is 0.260. The lowest BCUT2D eigenvalue weighted by Gasteiger charge is -2.26. The summed E-state index contributed by atoms with van der Waals surface area (Å²) in [5, 5.41) is 12.9. The molecule has 0 saturated heterocycles. The number of nitrogens with one attached hydrogen (secondary N) is 2. The van der Waals surface area contributed by atoms with Crippen LogP contribution in [0.4, 0.5) is 11.6 Å². The number of aromatic nitrogens is 2. The van der Waals surface area contributed by atoms with Crippen molar-refractivity contribution in [3.05, 3.63) is 6.07 Å². The molecule has 1 aromatic rings. The number of thioether (sulfide) groups is 1. The van der Waals surface area contributed by atoms with Crippen LogP contribution >= 0.6 is 11.8 Å². The zero-order valence-corrected chi connectivity index (χ0v) is 11.1. The van der Waals surface area contributed by atoms with E-state index >= 15 is 0 Å². The molecule has 5 N–H and O–H groups in total. The van der Waals surface area contributed by atoms with Crippen LogP contribution in [0.25, 0.3) is 0 Å². The van der Waals surface area contributed by atoms with Crippen molar-refractivity contribution < 1.29 is 5.11 Å². The molecule has 0 bridgehead atoms. The molecule has 0 aliphatic heterocycles. The Bertz CT molecular complexity index is 349. The average molecular weight is 257 g/mol. The van der Waals surface area contributed by atoms with Gasteiger partial charge in [-0.25, -0.2) is 15.8 Å². The van der Waals surface area contributed by atoms with Crippen LogP contribution in [0.5, 0.6) is 0 Å². The zero-order chi connectivity index (χ0) is 12.9. The molecule has 96 valence electrons. The Kier molecular flexibility index (Phi) is 4.98. The van der Waals surface area contributed by atoms with Gasteiger partial charge in [-0.05, 0) is 26.5 Å². The topological polar surface area (TPSA) is 96.1 Å². The molecule has 0 fully saturated rings. The monoisotopic (exact) mass is 257 g/mol. The van der Waals surface area contributed by atoms with Crippen molar-refractivity contribution in [1.29, 1.82) is 0 Å². The zero-order valence-electron chi connectivity index (χ0n) is 10.3. The molecule has 7 heteroatoms. The first-order valence-electron chi connectivity index (χ1n) is 5.29. The summed E-state index contributed by atoms with van der Waals surface area (Å²) < 4.78 is 0. The highest BCUT2D eigenvalue weighted by atomic mass is 32.2. The van der Waals surface area contributed by atoms with Crippen LogP contribution in [0.2, 0.25) is 0 Å². The second kappa shape index (κ2) is 6.04. The second-order valence-electron chi connectivity index (χ2n) is 4.25. The average Bonchev–Trinajstić information content (AvgIpc) is 2.27. The van der Waals surface area contributed by atoms with E-state index in [9.17, 15) is 0 Å². The Labute approximate surface area is 105 Å². The number of nitrogens with zero attached hydrogens (tertiary/aromatic N) is 2. The molecular formula is C10H19N5OS. The maximum atomic E-state index is 8.97. The Morgan fingerprint density at radius 1 is 1.41 bits per heavy atom. The van der Waals surface area contributed by atoms with Gasteiger partial charge in [-0.1, -0.05) is 11.8 Å². The van der Waals surface area contributed by atoms with Gasteiger partial charge >= 0.3 is 0 Å². The highest BCUT2D eigenvalue weighted by molar-refractivity contribution is 7.98. The van der Waals surface area contributed by atoms with Crippen LogP contribution in [0.1, 0.15) is 20.3 Å². The first-order valence-corrected chi connectivity index (χ1v) is 6.52. The maximum Gasteiger partial charge on any atom is 0.191 e. The molecule has 0 saturated carbocycles. The third kappa shape index (κ3) is 4.37. The fourth-order valence-electron chi connectivity index (χ4n) is 1.34. The summed E-state index contributed by atoms with van der Waals surface area (Å²) in [5.41, 5.74) is 2.27. The van der Waals surface area contributed by atoms with E-state index in [0.29, 0.717) is 23.2 Å². The van der Waals surface area contributed by atoms with Crippen molar-refractivity contribution in [2.24, 2.45) is 5.84 Å². The first kappa shape index (κ1) is 14.0. The largest absolute Gasteiger partial charge is 0.396 e. The summed E-state index contributed by atoms with van der Waals surface area (Å²) in [6, 6.07) is 1.73. The molecule has 17 heavy (non-hydrogen) atoms. The van der Waals surface area contributed by atoms with Crippen molar-refractivity contribution in [2.75, 3.05) is 23.6 Å². The molecule has 1 aromatic heterocycles. The van der Waals surface area contributed by atoms with Gasteiger partial charge in [-0.2, -0.15) is 0 Å². The van der Waals surface area contributed by atoms with Crippen molar-refractivity contribution in [1.82, 2.24) is 9.97 Å². The van der Waals surface area contributed by atoms with Crippen molar-refractivity contribution in [3.63, 3.8) is 0 Å². The van der Waals surface area contributed by atoms with Gasteiger partial charge in [-0.15, -0.1) is 0 Å². The second-order valence-corrected chi connectivity index (χ2v) is 5.03. The van der Waals surface area contributed by atoms with Gasteiger partial charge in [0.2, 0.25) is 0 Å². The summed E-state index contributed by atoms with van der Waals surface area (Å²) in [4.78, 5) is 8.50. The Morgan fingerprint density at radius 3 is 2.59 bits per heavy atom. The van der Waals surface area contributed by atoms with Gasteiger partial charge in [0.25, 0.3) is 0 Å². The summed E-state index contributed by atoms with van der Waals surface area (Å²) in [6.07, 6.45) is 2.54. The quantitative estimate of drug-likeness (QED) is 0.262. The fourth-order valence-corrected chi connectivity index (χ4v) is 1.72. The van der Waals surface area contributed by atoms with Crippen molar-refractivity contribution >= 4 is 23.4 Å². The van der Waals surface area contributed by atoms with Gasteiger partial charge in [0, 0.05) is 18.2 Å². The van der Waals surface area contributed by atoms with E-state index < -0.39 is 0 Å². The SMILES string of the molecule is CSc1nc(NN)cc(NC(C)(C)CCO)n1. The number of anilines is 2. The highest BCUT2D eigenvalue weighted by Gasteiger charge is 2.17. The molecule has 6 nitrogen and oxygen atoms in total. The summed E-state index contributed by atoms with van der Waals surface area (Å²) in [6.45, 7) is 4.13. The van der Waals surface area contributed by atoms with E-state index in [1.807, 2.05) is 20.1 Å². The fraction of sp³-hybridized carbons (Fsp3) is 0.600. The Balaban J connectivity index is 2.89. The number of nitrogens with two attached hydrogens (primary N) is 1. The normalized spacial score (nSPS) is 11.4. The van der Waals surface area contributed by atoms with Crippen molar-refractivity contribution in [3.8, 4) is 0 Å². The highest BCUT2D eigenvalue weighted by Crippen LogP contribution is 2.21. The van der Waals surface area contributed by atoms with E-state index in [4.69, 9.17) is 10.9 Å². The predicted octanol–water partition coefficient (Wildman–Crippen LogP) is 1.06. The Morgan fingerprint density at radius 2 is 2.06 bits per heavy atom. The number of hydrogen-bond donors (Lipinski definition) is 4. The van der Waals surface area contributed by atoms with Gasteiger partial charge in [-0.3, -0.25) is 0 Å². The molecule has 0 aliphatic rings. The standard InChI is InChI=1S/C10H19N5OS/c1-10(2,4-5-16)14-7-6-8(15-11)13-9(12-7)17-3/h6,16H,4-5,11H2,1-3H3,(H2,12,13,14,15). The van der Waals surface area contributed by atoms with Gasteiger partial charge in [0.1, 0.15) is 11.6 Å². The number of rotatable bonds is 6. The van der Waals surface area contributed by atoms with E-state index in [1.54, 1.807) is 6.07 Å². The minimum Gasteiger partial charge on any atom is -0.396 e. The molecule has 0 unspecified atom stereocenters. The van der Waals surface area contributed by atoms with Crippen molar-refractivity contribution in [2.45, 2.75) is 31.0 Å². The van der Waals surface area contributed by atoms with Crippen LogP contribution in [0.3, 0.4) is 0 Å². The molecule has 0 aromatic carbocycles. The smallest absolute Gasteiger partial charge is 0.191 e. The van der Waals surface area contributed by atoms with E-state index in [0.717, 1.165) is 0 Å². The number of aliphatic hydroxyl groups is 1. The first-order chi connectivity index (χ1) is 8.00. The third-order valence-electron chi connectivity index (χ3n) is 2.24. The third-order valence-corrected chi connectivity index (χ3v) is 2.79. The number of hydrazine groups is 1. The van der Waals surface area contributed by atoms with Gasteiger partial charge in [0.15, 0.2) is 5.16 Å². The lowest BCUT2D eigenvalue weighted by atomic mass is 10.0. The minimum absolute atomic E-state index is 0.127. The van der Waals surface area contributed by atoms with E-state index in [-0.39, 0.29) is 12.1 Å². The molecule has 0 aliphatic carbocycles. The van der Waals surface area contributed by atoms with Crippen LogP contribution in [0, 0.1) is 0 Å². The maximum absolute atomic E-state index is 8.97. The van der Waals surface area contributed by atoms with Crippen LogP contribution in [-0.4, -0.2) is 33.5 Å². The van der Waals surface area contributed by atoms with Crippen LogP contribution in [-0.2, 0) is 0 Å². The minimum atomic E-state index is -0.231. The molecule has 0 atom stereocenters. The number of nitrogen functional groups attached to an aromatic ring is 1. The molecule has 0 spiro atoms. The van der Waals surface area contributed by atoms with Crippen LogP contribution in [0.15, 0.2) is 11.2 Å². The van der Waals surface area contributed by atoms with Gasteiger partial charge in [0.05, 0.1) is 0 Å². The number of hydrogen-bond acceptors (Lipinski definition) is 7. The summed E-state index contributed by atoms with van der Waals surface area (Å²) >= 11 is 1.44. The van der Waals surface area contributed by atoms with E-state index in [2.05, 4.69) is 20.7 Å². The molecule has 0 radical (unpaired) electrons. The molecule has 1 rings (SSSR count). The lowest BCUT2D eigenvalue weighted by Crippen LogP contribution is -2.32. The Hall–Kier alpha value is -1.05. The molecule has 0 amide bonds. The van der Waals surface area contributed by atoms with Crippen LogP contribution < -0.4 is 16.6 Å². The molecule has 1 heterocycles.